The molecule has 0 fully saturated rings. The zero-order valence-electron chi connectivity index (χ0n) is 12.0. The predicted molar refractivity (Wildman–Crippen MR) is 88.6 cm³/mol. The van der Waals surface area contributed by atoms with Gasteiger partial charge in [-0.1, -0.05) is 54.6 Å². The van der Waals surface area contributed by atoms with Crippen molar-refractivity contribution in [3.63, 3.8) is 0 Å². The fraction of sp³-hybridized carbons (Fsp3) is 0.158. The van der Waals surface area contributed by atoms with Crippen LogP contribution in [0, 0.1) is 0 Å². The summed E-state index contributed by atoms with van der Waals surface area (Å²) < 4.78 is 5.94. The summed E-state index contributed by atoms with van der Waals surface area (Å²) in [7, 11) is 0. The molecule has 3 aromatic carbocycles. The van der Waals surface area contributed by atoms with Gasteiger partial charge in [0.15, 0.2) is 0 Å². The van der Waals surface area contributed by atoms with Gasteiger partial charge in [0.25, 0.3) is 0 Å². The number of nitrogen functional groups attached to an aromatic ring is 1. The van der Waals surface area contributed by atoms with Crippen LogP contribution in [0.2, 0.25) is 0 Å². The van der Waals surface area contributed by atoms with E-state index < -0.39 is 0 Å². The highest BCUT2D eigenvalue weighted by atomic mass is 16.5. The number of aryl methyl sites for hydroxylation is 1. The summed E-state index contributed by atoms with van der Waals surface area (Å²) in [6, 6.07) is 22.5. The first-order chi connectivity index (χ1) is 10.3. The molecule has 0 amide bonds. The van der Waals surface area contributed by atoms with Crippen LogP contribution in [-0.4, -0.2) is 6.61 Å². The number of anilines is 1. The van der Waals surface area contributed by atoms with E-state index in [-0.39, 0.29) is 0 Å². The molecule has 0 aliphatic rings. The van der Waals surface area contributed by atoms with Crippen molar-refractivity contribution in [3.05, 3.63) is 72.3 Å². The summed E-state index contributed by atoms with van der Waals surface area (Å²) in [5, 5.41) is 2.13. The minimum atomic E-state index is 0.711. The third-order valence-corrected chi connectivity index (χ3v) is 3.63. The SMILES string of the molecule is Nc1ccc(OCCCc2ccccc2)c2ccccc12. The standard InChI is InChI=1S/C19H19NO/c20-18-12-13-19(17-11-5-4-10-16(17)18)21-14-6-9-15-7-2-1-3-8-15/h1-5,7-8,10-13H,6,9,14,20H2. The summed E-state index contributed by atoms with van der Waals surface area (Å²) >= 11 is 0. The maximum Gasteiger partial charge on any atom is 0.127 e. The van der Waals surface area contributed by atoms with Gasteiger partial charge in [0.1, 0.15) is 5.75 Å². The molecule has 0 aliphatic heterocycles. The van der Waals surface area contributed by atoms with Crippen LogP contribution in [0.3, 0.4) is 0 Å². The molecule has 3 aromatic rings. The number of fused-ring (bicyclic) bond motifs is 1. The predicted octanol–water partition coefficient (Wildman–Crippen LogP) is 4.43. The summed E-state index contributed by atoms with van der Waals surface area (Å²) in [6.07, 6.45) is 2.04. The van der Waals surface area contributed by atoms with Crippen LogP contribution in [0.1, 0.15) is 12.0 Å². The quantitative estimate of drug-likeness (QED) is 0.553. The lowest BCUT2D eigenvalue weighted by Crippen LogP contribution is -2.00. The molecular formula is C19H19NO. The minimum absolute atomic E-state index is 0.711. The second-order valence-corrected chi connectivity index (χ2v) is 5.14. The number of benzene rings is 3. The van der Waals surface area contributed by atoms with Gasteiger partial charge in [0, 0.05) is 16.5 Å². The summed E-state index contributed by atoms with van der Waals surface area (Å²) in [5.74, 6) is 0.910. The Morgan fingerprint density at radius 2 is 1.48 bits per heavy atom. The Hall–Kier alpha value is -2.48. The second kappa shape index (κ2) is 6.31. The van der Waals surface area contributed by atoms with Crippen molar-refractivity contribution in [2.45, 2.75) is 12.8 Å². The smallest absolute Gasteiger partial charge is 0.127 e. The number of hydrogen-bond acceptors (Lipinski definition) is 2. The van der Waals surface area contributed by atoms with Gasteiger partial charge >= 0.3 is 0 Å². The lowest BCUT2D eigenvalue weighted by Gasteiger charge is -2.11. The van der Waals surface area contributed by atoms with Crippen molar-refractivity contribution in [1.82, 2.24) is 0 Å². The van der Waals surface area contributed by atoms with Gasteiger partial charge in [-0.05, 0) is 30.5 Å². The van der Waals surface area contributed by atoms with Gasteiger partial charge in [-0.2, -0.15) is 0 Å². The fourth-order valence-corrected chi connectivity index (χ4v) is 2.52. The number of rotatable bonds is 5. The molecule has 2 nitrogen and oxygen atoms in total. The van der Waals surface area contributed by atoms with Crippen LogP contribution in [0.4, 0.5) is 5.69 Å². The highest BCUT2D eigenvalue weighted by Gasteiger charge is 2.04. The molecule has 2 heteroatoms. The van der Waals surface area contributed by atoms with Crippen LogP contribution in [0.15, 0.2) is 66.7 Å². The van der Waals surface area contributed by atoms with Crippen LogP contribution in [-0.2, 0) is 6.42 Å². The zero-order valence-corrected chi connectivity index (χ0v) is 12.0. The third-order valence-electron chi connectivity index (χ3n) is 3.63. The van der Waals surface area contributed by atoms with Crippen molar-refractivity contribution < 1.29 is 4.74 Å². The van der Waals surface area contributed by atoms with E-state index in [9.17, 15) is 0 Å². The van der Waals surface area contributed by atoms with E-state index in [0.29, 0.717) is 6.61 Å². The second-order valence-electron chi connectivity index (χ2n) is 5.14. The molecule has 0 radical (unpaired) electrons. The largest absolute Gasteiger partial charge is 0.493 e. The van der Waals surface area contributed by atoms with E-state index in [1.165, 1.54) is 5.56 Å². The molecule has 2 N–H and O–H groups in total. The number of ether oxygens (including phenoxy) is 1. The minimum Gasteiger partial charge on any atom is -0.493 e. The fourth-order valence-electron chi connectivity index (χ4n) is 2.52. The van der Waals surface area contributed by atoms with Gasteiger partial charge in [-0.3, -0.25) is 0 Å². The monoisotopic (exact) mass is 277 g/mol. The number of nitrogens with two attached hydrogens (primary N) is 1. The van der Waals surface area contributed by atoms with Crippen molar-refractivity contribution in [3.8, 4) is 5.75 Å². The Bertz CT molecular complexity index is 722. The highest BCUT2D eigenvalue weighted by molar-refractivity contribution is 5.96. The van der Waals surface area contributed by atoms with Gasteiger partial charge in [-0.25, -0.2) is 0 Å². The molecule has 0 saturated heterocycles. The van der Waals surface area contributed by atoms with Gasteiger partial charge in [0.05, 0.1) is 6.61 Å². The average Bonchev–Trinajstić information content (AvgIpc) is 2.55. The molecule has 0 spiro atoms. The number of hydrogen-bond donors (Lipinski definition) is 1. The molecule has 0 atom stereocenters. The molecule has 0 saturated carbocycles. The lowest BCUT2D eigenvalue weighted by molar-refractivity contribution is 0.314. The molecule has 106 valence electrons. The Morgan fingerprint density at radius 1 is 0.762 bits per heavy atom. The van der Waals surface area contributed by atoms with E-state index in [2.05, 4.69) is 30.3 Å². The van der Waals surface area contributed by atoms with Crippen molar-refractivity contribution in [2.24, 2.45) is 0 Å². The third kappa shape index (κ3) is 3.16. The maximum atomic E-state index is 6.00. The van der Waals surface area contributed by atoms with Gasteiger partial charge in [-0.15, -0.1) is 0 Å². The summed E-state index contributed by atoms with van der Waals surface area (Å²) in [6.45, 7) is 0.711. The van der Waals surface area contributed by atoms with Crippen LogP contribution in [0.5, 0.6) is 5.75 Å². The normalized spacial score (nSPS) is 10.7. The molecule has 21 heavy (non-hydrogen) atoms. The van der Waals surface area contributed by atoms with Crippen LogP contribution >= 0.6 is 0 Å². The average molecular weight is 277 g/mol. The highest BCUT2D eigenvalue weighted by Crippen LogP contribution is 2.29. The Labute approximate surface area is 125 Å². The first-order valence-electron chi connectivity index (χ1n) is 7.28. The molecule has 0 unspecified atom stereocenters. The van der Waals surface area contributed by atoms with E-state index in [4.69, 9.17) is 10.5 Å². The first kappa shape index (κ1) is 13.5. The van der Waals surface area contributed by atoms with Crippen LogP contribution in [0.25, 0.3) is 10.8 Å². The van der Waals surface area contributed by atoms with Gasteiger partial charge in [0.2, 0.25) is 0 Å². The molecule has 0 bridgehead atoms. The zero-order chi connectivity index (χ0) is 14.5. The van der Waals surface area contributed by atoms with Gasteiger partial charge < -0.3 is 10.5 Å². The molecule has 0 aliphatic carbocycles. The first-order valence-corrected chi connectivity index (χ1v) is 7.28. The molecular weight excluding hydrogens is 258 g/mol. The Kier molecular flexibility index (Phi) is 4.06. The lowest BCUT2D eigenvalue weighted by atomic mass is 10.1. The van der Waals surface area contributed by atoms with E-state index in [1.807, 2.05) is 36.4 Å². The molecule has 3 rings (SSSR count). The summed E-state index contributed by atoms with van der Waals surface area (Å²) in [4.78, 5) is 0. The Morgan fingerprint density at radius 3 is 2.29 bits per heavy atom. The molecule has 0 heterocycles. The van der Waals surface area contributed by atoms with E-state index >= 15 is 0 Å². The van der Waals surface area contributed by atoms with Crippen LogP contribution < -0.4 is 10.5 Å². The van der Waals surface area contributed by atoms with Crippen molar-refractivity contribution >= 4 is 16.5 Å². The Balaban J connectivity index is 1.65. The summed E-state index contributed by atoms with van der Waals surface area (Å²) in [5.41, 5.74) is 8.14. The van der Waals surface area contributed by atoms with E-state index in [0.717, 1.165) is 35.1 Å². The topological polar surface area (TPSA) is 35.2 Å². The van der Waals surface area contributed by atoms with E-state index in [1.54, 1.807) is 0 Å². The van der Waals surface area contributed by atoms with Crippen molar-refractivity contribution in [1.29, 1.82) is 0 Å². The molecule has 0 aromatic heterocycles. The van der Waals surface area contributed by atoms with Crippen molar-refractivity contribution in [2.75, 3.05) is 12.3 Å². The maximum absolute atomic E-state index is 6.00.